The smallest absolute Gasteiger partial charge is 0.189 e. The fourth-order valence-corrected chi connectivity index (χ4v) is 6.82. The molecule has 0 amide bonds. The molecule has 0 aliphatic carbocycles. The number of thioether (sulfide) groups is 2. The number of aryl methyl sites for hydroxylation is 1. The fraction of sp³-hybridized carbons (Fsp3) is 0.200. The van der Waals surface area contributed by atoms with Crippen molar-refractivity contribution in [3.05, 3.63) is 70.3 Å². The van der Waals surface area contributed by atoms with Crippen molar-refractivity contribution >= 4 is 46.2 Å². The largest absolute Gasteiger partial charge is 0.497 e. The van der Waals surface area contributed by atoms with Gasteiger partial charge in [0.15, 0.2) is 5.16 Å². The standard InChI is InChI=1S/C25H22N6O2S4/c1-15-12-20(34-13-21-28-30-23(36-21)16-4-8-18(32-2)9-5-16)27-25(26-15)35-14-22-29-31-24(37-22)17-6-10-19(33-3)11-7-17/h4-12H,13-14H2,1-3H3. The molecule has 0 unspecified atom stereocenters. The third-order valence-corrected chi connectivity index (χ3v) is 9.18. The van der Waals surface area contributed by atoms with Crippen molar-refractivity contribution in [2.75, 3.05) is 14.2 Å². The minimum Gasteiger partial charge on any atom is -0.497 e. The maximum absolute atomic E-state index is 5.23. The Kier molecular flexibility index (Phi) is 8.29. The zero-order valence-corrected chi connectivity index (χ0v) is 23.5. The second kappa shape index (κ2) is 12.0. The molecule has 0 bridgehead atoms. The highest BCUT2D eigenvalue weighted by atomic mass is 32.2. The van der Waals surface area contributed by atoms with E-state index in [0.717, 1.165) is 58.5 Å². The number of nitrogens with zero attached hydrogens (tertiary/aromatic N) is 6. The Balaban J connectivity index is 1.19. The lowest BCUT2D eigenvalue weighted by Crippen LogP contribution is -1.93. The molecule has 0 spiro atoms. The van der Waals surface area contributed by atoms with E-state index >= 15 is 0 Å². The van der Waals surface area contributed by atoms with Gasteiger partial charge in [-0.2, -0.15) is 0 Å². The van der Waals surface area contributed by atoms with Gasteiger partial charge in [-0.3, -0.25) is 0 Å². The summed E-state index contributed by atoms with van der Waals surface area (Å²) in [6, 6.07) is 17.6. The number of methoxy groups -OCH3 is 2. The molecule has 12 heteroatoms. The van der Waals surface area contributed by atoms with Gasteiger partial charge in [0.2, 0.25) is 0 Å². The Morgan fingerprint density at radius 3 is 1.70 bits per heavy atom. The normalized spacial score (nSPS) is 11.0. The van der Waals surface area contributed by atoms with Crippen LogP contribution in [-0.4, -0.2) is 44.6 Å². The monoisotopic (exact) mass is 566 g/mol. The third kappa shape index (κ3) is 6.63. The summed E-state index contributed by atoms with van der Waals surface area (Å²) >= 11 is 6.34. The van der Waals surface area contributed by atoms with E-state index < -0.39 is 0 Å². The Hall–Kier alpha value is -3.06. The third-order valence-electron chi connectivity index (χ3n) is 5.09. The summed E-state index contributed by atoms with van der Waals surface area (Å²) in [4.78, 5) is 9.32. The van der Waals surface area contributed by atoms with Crippen LogP contribution in [0.5, 0.6) is 11.5 Å². The second-order valence-electron chi connectivity index (χ2n) is 7.67. The maximum atomic E-state index is 5.23. The molecule has 0 saturated heterocycles. The van der Waals surface area contributed by atoms with Crippen molar-refractivity contribution in [3.8, 4) is 32.6 Å². The van der Waals surface area contributed by atoms with Gasteiger partial charge >= 0.3 is 0 Å². The Bertz CT molecular complexity index is 1360. The lowest BCUT2D eigenvalue weighted by molar-refractivity contribution is 0.415. The number of benzene rings is 2. The van der Waals surface area contributed by atoms with Crippen molar-refractivity contribution in [3.63, 3.8) is 0 Å². The minimum atomic E-state index is 0.656. The van der Waals surface area contributed by atoms with Gasteiger partial charge in [-0.05, 0) is 61.5 Å². The molecule has 2 aromatic carbocycles. The molecular weight excluding hydrogens is 545 g/mol. The van der Waals surface area contributed by atoms with Gasteiger partial charge in [0.25, 0.3) is 0 Å². The Labute approximate surface area is 230 Å². The van der Waals surface area contributed by atoms with Crippen molar-refractivity contribution < 1.29 is 9.47 Å². The van der Waals surface area contributed by atoms with E-state index in [1.54, 1.807) is 60.4 Å². The van der Waals surface area contributed by atoms with Crippen LogP contribution >= 0.6 is 46.2 Å². The van der Waals surface area contributed by atoms with Gasteiger partial charge in [-0.1, -0.05) is 46.2 Å². The highest BCUT2D eigenvalue weighted by Gasteiger charge is 2.12. The lowest BCUT2D eigenvalue weighted by Gasteiger charge is -2.04. The summed E-state index contributed by atoms with van der Waals surface area (Å²) in [5.41, 5.74) is 2.97. The number of aromatic nitrogens is 6. The molecule has 0 N–H and O–H groups in total. The summed E-state index contributed by atoms with van der Waals surface area (Å²) < 4.78 is 10.5. The van der Waals surface area contributed by atoms with Gasteiger partial charge in [0, 0.05) is 16.8 Å². The predicted molar refractivity (Wildman–Crippen MR) is 150 cm³/mol. The number of rotatable bonds is 10. The molecule has 0 saturated carbocycles. The first kappa shape index (κ1) is 25.6. The molecule has 188 valence electrons. The van der Waals surface area contributed by atoms with Gasteiger partial charge in [0.05, 0.1) is 25.7 Å². The number of hydrogen-bond acceptors (Lipinski definition) is 12. The Morgan fingerprint density at radius 1 is 0.676 bits per heavy atom. The molecule has 0 atom stereocenters. The van der Waals surface area contributed by atoms with Gasteiger partial charge in [0.1, 0.15) is 36.6 Å². The maximum Gasteiger partial charge on any atom is 0.189 e. The van der Waals surface area contributed by atoms with Crippen molar-refractivity contribution in [2.45, 2.75) is 28.6 Å². The van der Waals surface area contributed by atoms with Crippen LogP contribution in [0.1, 0.15) is 15.7 Å². The number of ether oxygens (including phenoxy) is 2. The first-order valence-corrected chi connectivity index (χ1v) is 14.7. The average molecular weight is 567 g/mol. The molecule has 0 radical (unpaired) electrons. The lowest BCUT2D eigenvalue weighted by atomic mass is 10.2. The molecule has 0 fully saturated rings. The van der Waals surface area contributed by atoms with Crippen LogP contribution in [0.15, 0.2) is 64.8 Å². The molecule has 5 aromatic rings. The van der Waals surface area contributed by atoms with Crippen molar-refractivity contribution in [1.82, 2.24) is 30.4 Å². The molecule has 3 aromatic heterocycles. The van der Waals surface area contributed by atoms with E-state index in [1.807, 2.05) is 61.5 Å². The topological polar surface area (TPSA) is 95.8 Å². The summed E-state index contributed by atoms with van der Waals surface area (Å²) in [6.07, 6.45) is 0. The zero-order valence-electron chi connectivity index (χ0n) is 20.2. The van der Waals surface area contributed by atoms with Crippen molar-refractivity contribution in [1.29, 1.82) is 0 Å². The van der Waals surface area contributed by atoms with Crippen LogP contribution in [0.25, 0.3) is 21.1 Å². The second-order valence-corrected chi connectivity index (χ2v) is 11.7. The molecular formula is C25H22N6O2S4. The van der Waals surface area contributed by atoms with E-state index in [1.165, 1.54) is 0 Å². The summed E-state index contributed by atoms with van der Waals surface area (Å²) in [7, 11) is 3.31. The molecule has 8 nitrogen and oxygen atoms in total. The van der Waals surface area contributed by atoms with E-state index in [4.69, 9.17) is 14.5 Å². The molecule has 0 aliphatic rings. The van der Waals surface area contributed by atoms with Crippen LogP contribution in [0.2, 0.25) is 0 Å². The molecule has 0 aliphatic heterocycles. The first-order valence-electron chi connectivity index (χ1n) is 11.1. The van der Waals surface area contributed by atoms with Crippen LogP contribution in [-0.2, 0) is 11.5 Å². The van der Waals surface area contributed by atoms with E-state index in [2.05, 4.69) is 25.4 Å². The average Bonchev–Trinajstić information content (AvgIpc) is 3.61. The van der Waals surface area contributed by atoms with Crippen LogP contribution in [0, 0.1) is 6.92 Å². The first-order chi connectivity index (χ1) is 18.1. The van der Waals surface area contributed by atoms with Gasteiger partial charge in [-0.25, -0.2) is 9.97 Å². The van der Waals surface area contributed by atoms with E-state index in [-0.39, 0.29) is 0 Å². The molecule has 3 heterocycles. The summed E-state index contributed by atoms with van der Waals surface area (Å²) in [5.74, 6) is 2.98. The van der Waals surface area contributed by atoms with Crippen LogP contribution in [0.3, 0.4) is 0 Å². The molecule has 5 rings (SSSR count). The van der Waals surface area contributed by atoms with Gasteiger partial charge in [-0.15, -0.1) is 20.4 Å². The van der Waals surface area contributed by atoms with Crippen LogP contribution in [0.4, 0.5) is 0 Å². The summed E-state index contributed by atoms with van der Waals surface area (Å²) in [6.45, 7) is 1.98. The minimum absolute atomic E-state index is 0.656. The quantitative estimate of drug-likeness (QED) is 0.107. The Morgan fingerprint density at radius 2 is 1.19 bits per heavy atom. The van der Waals surface area contributed by atoms with Crippen molar-refractivity contribution in [2.24, 2.45) is 0 Å². The van der Waals surface area contributed by atoms with E-state index in [9.17, 15) is 0 Å². The SMILES string of the molecule is COc1ccc(-c2nnc(CSc3cc(C)nc(SCc4nnc(-c5ccc(OC)cc5)s4)n3)s2)cc1. The zero-order chi connectivity index (χ0) is 25.6. The molecule has 37 heavy (non-hydrogen) atoms. The highest BCUT2D eigenvalue weighted by Crippen LogP contribution is 2.31. The van der Waals surface area contributed by atoms with Gasteiger partial charge < -0.3 is 9.47 Å². The summed E-state index contributed by atoms with van der Waals surface area (Å²) in [5, 5.41) is 22.7. The fourth-order valence-electron chi connectivity index (χ4n) is 3.24. The van der Waals surface area contributed by atoms with E-state index in [0.29, 0.717) is 11.5 Å². The number of hydrogen-bond donors (Lipinski definition) is 0. The van der Waals surface area contributed by atoms with Crippen LogP contribution < -0.4 is 9.47 Å². The predicted octanol–water partition coefficient (Wildman–Crippen LogP) is 6.42. The highest BCUT2D eigenvalue weighted by molar-refractivity contribution is 7.99.